The molecule has 0 N–H and O–H groups in total. The molecule has 2 aromatic rings. The summed E-state index contributed by atoms with van der Waals surface area (Å²) in [6.45, 7) is 0. The van der Waals surface area contributed by atoms with Gasteiger partial charge in [0.1, 0.15) is 0 Å². The van der Waals surface area contributed by atoms with Gasteiger partial charge in [-0.25, -0.2) is 4.98 Å². The molecule has 0 saturated heterocycles. The van der Waals surface area contributed by atoms with Crippen molar-refractivity contribution < 1.29 is 17.6 Å². The van der Waals surface area contributed by atoms with Crippen LogP contribution >= 0.6 is 11.6 Å². The Morgan fingerprint density at radius 2 is 1.88 bits per heavy atom. The summed E-state index contributed by atoms with van der Waals surface area (Å²) in [6, 6.07) is 6.39. The smallest absolute Gasteiger partial charge is 0.432 e. The maximum Gasteiger partial charge on any atom is 0.451 e. The fourth-order valence-electron chi connectivity index (χ4n) is 1.16. The van der Waals surface area contributed by atoms with Crippen LogP contribution in [0.1, 0.15) is 5.76 Å². The maximum atomic E-state index is 12.3. The Morgan fingerprint density at radius 1 is 1.19 bits per heavy atom. The van der Waals surface area contributed by atoms with Gasteiger partial charge < -0.3 is 4.42 Å². The van der Waals surface area contributed by atoms with Crippen LogP contribution in [0.25, 0.3) is 11.5 Å². The minimum absolute atomic E-state index is 0.141. The highest BCUT2D eigenvalue weighted by molar-refractivity contribution is 6.33. The quantitative estimate of drug-likeness (QED) is 0.761. The first-order chi connectivity index (χ1) is 7.48. The molecule has 0 saturated carbocycles. The molecule has 0 spiro atoms. The minimum atomic E-state index is -4.54. The summed E-state index contributed by atoms with van der Waals surface area (Å²) in [7, 11) is 0. The van der Waals surface area contributed by atoms with E-state index in [1.54, 1.807) is 18.2 Å². The number of halogens is 4. The maximum absolute atomic E-state index is 12.3. The average Bonchev–Trinajstić information content (AvgIpc) is 2.66. The lowest BCUT2D eigenvalue weighted by atomic mass is 10.2. The van der Waals surface area contributed by atoms with Gasteiger partial charge in [-0.2, -0.15) is 13.2 Å². The van der Waals surface area contributed by atoms with Crippen molar-refractivity contribution in [2.24, 2.45) is 0 Å². The van der Waals surface area contributed by atoms with Crippen LogP contribution in [0.2, 0.25) is 5.02 Å². The summed E-state index contributed by atoms with van der Waals surface area (Å²) in [4.78, 5) is 3.54. The highest BCUT2D eigenvalue weighted by Gasteiger charge is 2.35. The molecule has 6 heteroatoms. The van der Waals surface area contributed by atoms with Gasteiger partial charge >= 0.3 is 6.18 Å². The third-order valence-electron chi connectivity index (χ3n) is 1.89. The molecule has 1 aromatic carbocycles. The van der Waals surface area contributed by atoms with Gasteiger partial charge in [-0.15, -0.1) is 0 Å². The summed E-state index contributed by atoms with van der Waals surface area (Å²) in [6.07, 6.45) is -3.90. The lowest BCUT2D eigenvalue weighted by Gasteiger charge is -2.00. The van der Waals surface area contributed by atoms with Gasteiger partial charge in [0.05, 0.1) is 16.8 Å². The first-order valence-corrected chi connectivity index (χ1v) is 4.64. The van der Waals surface area contributed by atoms with E-state index in [2.05, 4.69) is 9.40 Å². The van der Waals surface area contributed by atoms with Crippen molar-refractivity contribution in [1.29, 1.82) is 0 Å². The highest BCUT2D eigenvalue weighted by Crippen LogP contribution is 2.33. The van der Waals surface area contributed by atoms with E-state index in [9.17, 15) is 13.2 Å². The fraction of sp³-hybridized carbons (Fsp3) is 0.100. The van der Waals surface area contributed by atoms with Crippen molar-refractivity contribution >= 4 is 11.6 Å². The summed E-state index contributed by atoms with van der Waals surface area (Å²) < 4.78 is 41.3. The van der Waals surface area contributed by atoms with Gasteiger partial charge in [-0.3, -0.25) is 0 Å². The van der Waals surface area contributed by atoms with E-state index in [1.165, 1.54) is 6.07 Å². The van der Waals surface area contributed by atoms with Crippen molar-refractivity contribution in [3.63, 3.8) is 0 Å². The molecular formula is C10H5ClF3NO. The van der Waals surface area contributed by atoms with Crippen LogP contribution in [0.15, 0.2) is 34.9 Å². The third kappa shape index (κ3) is 2.04. The van der Waals surface area contributed by atoms with Gasteiger partial charge in [0.2, 0.25) is 11.7 Å². The van der Waals surface area contributed by atoms with E-state index in [4.69, 9.17) is 11.6 Å². The van der Waals surface area contributed by atoms with E-state index >= 15 is 0 Å². The van der Waals surface area contributed by atoms with E-state index in [0.29, 0.717) is 11.8 Å². The zero-order chi connectivity index (χ0) is 11.8. The highest BCUT2D eigenvalue weighted by atomic mass is 35.5. The minimum Gasteiger partial charge on any atom is -0.432 e. The summed E-state index contributed by atoms with van der Waals surface area (Å²) in [5.74, 6) is -1.28. The second-order valence-corrected chi connectivity index (χ2v) is 3.41. The molecule has 2 rings (SSSR count). The van der Waals surface area contributed by atoms with Crippen LogP contribution in [-0.2, 0) is 6.18 Å². The fourth-order valence-corrected chi connectivity index (χ4v) is 1.38. The zero-order valence-corrected chi connectivity index (χ0v) is 8.51. The molecule has 0 aliphatic rings. The van der Waals surface area contributed by atoms with Gasteiger partial charge in [0.25, 0.3) is 0 Å². The topological polar surface area (TPSA) is 26.0 Å². The van der Waals surface area contributed by atoms with Gasteiger partial charge in [0.15, 0.2) is 0 Å². The predicted octanol–water partition coefficient (Wildman–Crippen LogP) is 4.01. The number of benzene rings is 1. The first kappa shape index (κ1) is 11.0. The molecule has 0 fully saturated rings. The van der Waals surface area contributed by atoms with Gasteiger partial charge in [0, 0.05) is 0 Å². The molecule has 0 radical (unpaired) electrons. The molecule has 0 amide bonds. The molecule has 0 aliphatic heterocycles. The molecule has 16 heavy (non-hydrogen) atoms. The number of rotatable bonds is 1. The summed E-state index contributed by atoms with van der Waals surface area (Å²) in [5, 5.41) is 0.290. The van der Waals surface area contributed by atoms with Gasteiger partial charge in [-0.1, -0.05) is 23.7 Å². The lowest BCUT2D eigenvalue weighted by molar-refractivity contribution is -0.152. The number of nitrogens with zero attached hydrogens (tertiary/aromatic N) is 1. The molecule has 0 atom stereocenters. The molecule has 2 nitrogen and oxygen atoms in total. The van der Waals surface area contributed by atoms with Gasteiger partial charge in [-0.05, 0) is 12.1 Å². The monoisotopic (exact) mass is 247 g/mol. The van der Waals surface area contributed by atoms with E-state index in [1.807, 2.05) is 0 Å². The van der Waals surface area contributed by atoms with Crippen molar-refractivity contribution in [2.75, 3.05) is 0 Å². The summed E-state index contributed by atoms with van der Waals surface area (Å²) in [5.41, 5.74) is 0.333. The molecule has 84 valence electrons. The van der Waals surface area contributed by atoms with Crippen molar-refractivity contribution in [2.45, 2.75) is 6.18 Å². The molecule has 0 unspecified atom stereocenters. The standard InChI is InChI=1S/C10H5ClF3NO/c11-7-4-2-1-3-6(7)9-15-5-8(16-9)10(12,13)14/h1-5H. The molecule has 1 heterocycles. The Labute approximate surface area is 93.7 Å². The Balaban J connectivity index is 2.44. The SMILES string of the molecule is FC(F)(F)c1cnc(-c2ccccc2Cl)o1. The van der Waals surface area contributed by atoms with Crippen LogP contribution in [0.3, 0.4) is 0 Å². The number of alkyl halides is 3. The van der Waals surface area contributed by atoms with E-state index in [-0.39, 0.29) is 10.9 Å². The molecule has 1 aromatic heterocycles. The number of hydrogen-bond donors (Lipinski definition) is 0. The Bertz CT molecular complexity index is 507. The number of oxazole rings is 1. The van der Waals surface area contributed by atoms with Crippen LogP contribution in [-0.4, -0.2) is 4.98 Å². The first-order valence-electron chi connectivity index (χ1n) is 4.26. The van der Waals surface area contributed by atoms with Crippen LogP contribution in [0.5, 0.6) is 0 Å². The number of hydrogen-bond acceptors (Lipinski definition) is 2. The third-order valence-corrected chi connectivity index (χ3v) is 2.22. The summed E-state index contributed by atoms with van der Waals surface area (Å²) >= 11 is 5.80. The predicted molar refractivity (Wildman–Crippen MR) is 52.0 cm³/mol. The second kappa shape index (κ2) is 3.83. The van der Waals surface area contributed by atoms with E-state index in [0.717, 1.165) is 0 Å². The van der Waals surface area contributed by atoms with Crippen molar-refractivity contribution in [3.8, 4) is 11.5 Å². The van der Waals surface area contributed by atoms with Crippen molar-refractivity contribution in [3.05, 3.63) is 41.2 Å². The number of aromatic nitrogens is 1. The largest absolute Gasteiger partial charge is 0.451 e. The van der Waals surface area contributed by atoms with Crippen LogP contribution < -0.4 is 0 Å². The van der Waals surface area contributed by atoms with Crippen LogP contribution in [0, 0.1) is 0 Å². The van der Waals surface area contributed by atoms with Crippen molar-refractivity contribution in [1.82, 2.24) is 4.98 Å². The normalized spacial score (nSPS) is 11.8. The second-order valence-electron chi connectivity index (χ2n) is 3.01. The molecule has 0 aliphatic carbocycles. The van der Waals surface area contributed by atoms with Crippen LogP contribution in [0.4, 0.5) is 13.2 Å². The lowest BCUT2D eigenvalue weighted by Crippen LogP contribution is -2.02. The average molecular weight is 248 g/mol. The molecule has 0 bridgehead atoms. The molecular weight excluding hydrogens is 243 g/mol. The Hall–Kier alpha value is -1.49. The zero-order valence-electron chi connectivity index (χ0n) is 7.75. The van der Waals surface area contributed by atoms with E-state index < -0.39 is 11.9 Å². The Kier molecular flexibility index (Phi) is 2.63. The Morgan fingerprint density at radius 3 is 2.44 bits per heavy atom.